The van der Waals surface area contributed by atoms with Gasteiger partial charge in [-0.05, 0) is 45.4 Å². The van der Waals surface area contributed by atoms with Crippen LogP contribution in [0.1, 0.15) is 26.2 Å². The Morgan fingerprint density at radius 2 is 2.10 bits per heavy atom. The Hall–Kier alpha value is -1.75. The van der Waals surface area contributed by atoms with E-state index in [1.807, 2.05) is 43.3 Å². The number of aliphatic carboxylic acids is 1. The van der Waals surface area contributed by atoms with E-state index in [2.05, 4.69) is 5.32 Å². The molecule has 0 radical (unpaired) electrons. The Kier molecular flexibility index (Phi) is 6.49. The van der Waals surface area contributed by atoms with Crippen molar-refractivity contribution in [3.05, 3.63) is 24.3 Å². The van der Waals surface area contributed by atoms with Crippen molar-refractivity contribution in [1.82, 2.24) is 5.32 Å². The van der Waals surface area contributed by atoms with Crippen LogP contribution in [0.25, 0.3) is 0 Å². The number of carboxylic acid groups (broad SMARTS) is 1. The second-order valence-corrected chi connectivity index (χ2v) is 5.58. The summed E-state index contributed by atoms with van der Waals surface area (Å²) in [4.78, 5) is 13.2. The molecule has 1 atom stereocenters. The van der Waals surface area contributed by atoms with Crippen molar-refractivity contribution in [2.45, 2.75) is 31.7 Å². The summed E-state index contributed by atoms with van der Waals surface area (Å²) in [6.45, 7) is 2.30. The lowest BCUT2D eigenvalue weighted by Crippen LogP contribution is -2.47. The van der Waals surface area contributed by atoms with E-state index < -0.39 is 11.5 Å². The Morgan fingerprint density at radius 1 is 1.38 bits per heavy atom. The van der Waals surface area contributed by atoms with Crippen molar-refractivity contribution in [2.24, 2.45) is 0 Å². The summed E-state index contributed by atoms with van der Waals surface area (Å²) in [7, 11) is 5.66. The van der Waals surface area contributed by atoms with Gasteiger partial charge in [0.15, 0.2) is 0 Å². The van der Waals surface area contributed by atoms with Gasteiger partial charge in [0, 0.05) is 25.8 Å². The lowest BCUT2D eigenvalue weighted by atomic mass is 9.95. The number of hydrogen-bond acceptors (Lipinski definition) is 4. The number of benzene rings is 1. The van der Waals surface area contributed by atoms with Gasteiger partial charge in [0.05, 0.1) is 6.61 Å². The Morgan fingerprint density at radius 3 is 2.67 bits per heavy atom. The number of rotatable bonds is 9. The molecule has 0 heterocycles. The van der Waals surface area contributed by atoms with E-state index in [0.717, 1.165) is 24.3 Å². The summed E-state index contributed by atoms with van der Waals surface area (Å²) >= 11 is 0. The molecule has 1 aromatic carbocycles. The first kappa shape index (κ1) is 17.3. The van der Waals surface area contributed by atoms with Crippen molar-refractivity contribution >= 4 is 11.7 Å². The number of likely N-dealkylation sites (N-methyl/N-ethyl adjacent to an activating group) is 1. The van der Waals surface area contributed by atoms with Gasteiger partial charge in [0.25, 0.3) is 0 Å². The van der Waals surface area contributed by atoms with Gasteiger partial charge in [-0.25, -0.2) is 0 Å². The van der Waals surface area contributed by atoms with Crippen LogP contribution in [0, 0.1) is 0 Å². The lowest BCUT2D eigenvalue weighted by molar-refractivity contribution is -0.144. The fourth-order valence-corrected chi connectivity index (χ4v) is 1.96. The maximum absolute atomic E-state index is 11.1. The summed E-state index contributed by atoms with van der Waals surface area (Å²) in [5.74, 6) is 0.0282. The molecule has 21 heavy (non-hydrogen) atoms. The van der Waals surface area contributed by atoms with Gasteiger partial charge in [0.1, 0.15) is 11.3 Å². The lowest BCUT2D eigenvalue weighted by Gasteiger charge is -2.23. The molecule has 118 valence electrons. The maximum atomic E-state index is 11.1. The molecule has 5 nitrogen and oxygen atoms in total. The first-order valence-corrected chi connectivity index (χ1v) is 7.21. The molecule has 0 aliphatic heterocycles. The van der Waals surface area contributed by atoms with Crippen LogP contribution in [0.15, 0.2) is 24.3 Å². The minimum atomic E-state index is -0.856. The quantitative estimate of drug-likeness (QED) is 0.685. The normalized spacial score (nSPS) is 13.5. The summed E-state index contributed by atoms with van der Waals surface area (Å²) in [5, 5.41) is 12.0. The monoisotopic (exact) mass is 294 g/mol. The van der Waals surface area contributed by atoms with E-state index in [1.165, 1.54) is 0 Å². The van der Waals surface area contributed by atoms with Crippen LogP contribution < -0.4 is 15.0 Å². The van der Waals surface area contributed by atoms with Crippen LogP contribution in [0.4, 0.5) is 5.69 Å². The summed E-state index contributed by atoms with van der Waals surface area (Å²) < 4.78 is 5.71. The molecule has 1 rings (SSSR count). The number of carboxylic acids is 1. The largest absolute Gasteiger partial charge is 0.494 e. The van der Waals surface area contributed by atoms with E-state index in [-0.39, 0.29) is 0 Å². The van der Waals surface area contributed by atoms with E-state index in [9.17, 15) is 4.79 Å². The zero-order valence-electron chi connectivity index (χ0n) is 13.3. The molecule has 0 bridgehead atoms. The van der Waals surface area contributed by atoms with Gasteiger partial charge >= 0.3 is 5.97 Å². The standard InChI is InChI=1S/C16H26N2O3/c1-16(17-2,15(19)20)10-5-6-11-21-14-9-7-8-13(12-14)18(3)4/h7-9,12,17H,5-6,10-11H2,1-4H3,(H,19,20). The highest BCUT2D eigenvalue weighted by Crippen LogP contribution is 2.20. The molecule has 0 aliphatic rings. The van der Waals surface area contributed by atoms with Crippen LogP contribution in [-0.2, 0) is 4.79 Å². The minimum Gasteiger partial charge on any atom is -0.494 e. The number of nitrogens with zero attached hydrogens (tertiary/aromatic N) is 1. The molecule has 1 aromatic rings. The molecule has 0 saturated heterocycles. The van der Waals surface area contributed by atoms with Gasteiger partial charge in [-0.3, -0.25) is 4.79 Å². The molecule has 0 amide bonds. The molecule has 0 fully saturated rings. The predicted octanol–water partition coefficient (Wildman–Crippen LogP) is 2.36. The Balaban J connectivity index is 2.35. The van der Waals surface area contributed by atoms with Crippen LogP contribution in [-0.4, -0.2) is 44.4 Å². The summed E-state index contributed by atoms with van der Waals surface area (Å²) in [6.07, 6.45) is 2.22. The number of anilines is 1. The van der Waals surface area contributed by atoms with Crippen molar-refractivity contribution in [1.29, 1.82) is 0 Å². The van der Waals surface area contributed by atoms with E-state index in [4.69, 9.17) is 9.84 Å². The molecule has 5 heteroatoms. The molecule has 0 aliphatic carbocycles. The molecule has 0 saturated carbocycles. The van der Waals surface area contributed by atoms with E-state index in [0.29, 0.717) is 13.0 Å². The van der Waals surface area contributed by atoms with Crippen LogP contribution >= 0.6 is 0 Å². The third-order valence-electron chi connectivity index (χ3n) is 3.70. The van der Waals surface area contributed by atoms with Gasteiger partial charge in [-0.15, -0.1) is 0 Å². The van der Waals surface area contributed by atoms with Crippen molar-refractivity contribution < 1.29 is 14.6 Å². The van der Waals surface area contributed by atoms with E-state index in [1.54, 1.807) is 14.0 Å². The van der Waals surface area contributed by atoms with Crippen LogP contribution in [0.2, 0.25) is 0 Å². The first-order chi connectivity index (χ1) is 9.89. The van der Waals surface area contributed by atoms with E-state index >= 15 is 0 Å². The zero-order chi connectivity index (χ0) is 15.9. The number of carbonyl (C=O) groups is 1. The van der Waals surface area contributed by atoms with Gasteiger partial charge in [0.2, 0.25) is 0 Å². The molecule has 0 spiro atoms. The topological polar surface area (TPSA) is 61.8 Å². The van der Waals surface area contributed by atoms with Gasteiger partial charge in [-0.1, -0.05) is 6.07 Å². The summed E-state index contributed by atoms with van der Waals surface area (Å²) in [5.41, 5.74) is 0.242. The average molecular weight is 294 g/mol. The molecule has 0 aromatic heterocycles. The fraction of sp³-hybridized carbons (Fsp3) is 0.562. The van der Waals surface area contributed by atoms with Gasteiger partial charge < -0.3 is 20.1 Å². The predicted molar refractivity (Wildman–Crippen MR) is 85.2 cm³/mol. The highest BCUT2D eigenvalue weighted by molar-refractivity contribution is 5.78. The number of hydrogen-bond donors (Lipinski definition) is 2. The minimum absolute atomic E-state index is 0.583. The fourth-order valence-electron chi connectivity index (χ4n) is 1.96. The van der Waals surface area contributed by atoms with Crippen LogP contribution in [0.5, 0.6) is 5.75 Å². The first-order valence-electron chi connectivity index (χ1n) is 7.21. The average Bonchev–Trinajstić information content (AvgIpc) is 2.46. The molecular weight excluding hydrogens is 268 g/mol. The maximum Gasteiger partial charge on any atom is 0.323 e. The van der Waals surface area contributed by atoms with Crippen LogP contribution in [0.3, 0.4) is 0 Å². The second kappa shape index (κ2) is 7.88. The SMILES string of the molecule is CNC(C)(CCCCOc1cccc(N(C)C)c1)C(=O)O. The molecular formula is C16H26N2O3. The highest BCUT2D eigenvalue weighted by atomic mass is 16.5. The summed E-state index contributed by atoms with van der Waals surface area (Å²) in [6, 6.07) is 7.92. The van der Waals surface area contributed by atoms with Crippen molar-refractivity contribution in [2.75, 3.05) is 32.6 Å². The molecule has 2 N–H and O–H groups in total. The Labute approximate surface area is 126 Å². The zero-order valence-corrected chi connectivity index (χ0v) is 13.3. The Bertz CT molecular complexity index is 463. The third-order valence-corrected chi connectivity index (χ3v) is 3.70. The van der Waals surface area contributed by atoms with Crippen molar-refractivity contribution in [3.63, 3.8) is 0 Å². The second-order valence-electron chi connectivity index (χ2n) is 5.58. The number of unbranched alkanes of at least 4 members (excludes halogenated alkanes) is 1. The number of ether oxygens (including phenoxy) is 1. The highest BCUT2D eigenvalue weighted by Gasteiger charge is 2.29. The van der Waals surface area contributed by atoms with Crippen molar-refractivity contribution in [3.8, 4) is 5.75 Å². The molecule has 1 unspecified atom stereocenters. The van der Waals surface area contributed by atoms with Gasteiger partial charge in [-0.2, -0.15) is 0 Å². The third kappa shape index (κ3) is 5.27. The smallest absolute Gasteiger partial charge is 0.323 e. The number of nitrogens with one attached hydrogen (secondary N) is 1.